The first-order chi connectivity index (χ1) is 19.7. The summed E-state index contributed by atoms with van der Waals surface area (Å²) >= 11 is 0. The normalized spacial score (nSPS) is 14.8. The van der Waals surface area contributed by atoms with E-state index < -0.39 is 0 Å². The lowest BCUT2D eigenvalue weighted by Crippen LogP contribution is -2.33. The quantitative estimate of drug-likeness (QED) is 0.222. The van der Waals surface area contributed by atoms with Crippen molar-refractivity contribution in [2.75, 3.05) is 0 Å². The van der Waals surface area contributed by atoms with E-state index >= 15 is 0 Å². The minimum absolute atomic E-state index is 0.504. The van der Waals surface area contributed by atoms with Gasteiger partial charge in [0.1, 0.15) is 0 Å². The Kier molecular flexibility index (Phi) is 5.19. The van der Waals surface area contributed by atoms with Gasteiger partial charge in [0, 0.05) is 0 Å². The summed E-state index contributed by atoms with van der Waals surface area (Å²) in [7, 11) is 0. The van der Waals surface area contributed by atoms with Crippen molar-refractivity contribution in [3.05, 3.63) is 131 Å². The van der Waals surface area contributed by atoms with Crippen molar-refractivity contribution in [3.8, 4) is 55.6 Å². The largest absolute Gasteiger partial charge is 0.0754 e. The van der Waals surface area contributed by atoms with Crippen LogP contribution >= 0.6 is 0 Å². The molecular weight excluding hydrogens is 480 g/mol. The van der Waals surface area contributed by atoms with E-state index in [2.05, 4.69) is 141 Å². The molecule has 0 aliphatic heterocycles. The molecule has 0 spiro atoms. The highest BCUT2D eigenvalue weighted by Crippen LogP contribution is 2.54. The van der Waals surface area contributed by atoms with E-state index in [9.17, 15) is 0 Å². The molecule has 40 heavy (non-hydrogen) atoms. The van der Waals surface area contributed by atoms with Gasteiger partial charge in [0.05, 0.1) is 0 Å². The second-order valence-electron chi connectivity index (χ2n) is 11.4. The summed E-state index contributed by atoms with van der Waals surface area (Å²) in [6.07, 6.45) is 6.08. The molecule has 6 aromatic rings. The molecular formula is C40H30. The summed E-state index contributed by atoms with van der Waals surface area (Å²) in [5, 5.41) is 5.47. The maximum Gasteiger partial charge on any atom is -0.000753 e. The average molecular weight is 511 g/mol. The monoisotopic (exact) mass is 510 g/mol. The zero-order valence-corrected chi connectivity index (χ0v) is 22.9. The van der Waals surface area contributed by atoms with Gasteiger partial charge in [-0.15, -0.1) is 0 Å². The summed E-state index contributed by atoms with van der Waals surface area (Å²) in [4.78, 5) is 0. The molecule has 0 nitrogen and oxygen atoms in total. The summed E-state index contributed by atoms with van der Waals surface area (Å²) in [6.45, 7) is 4.52. The van der Waals surface area contributed by atoms with Crippen LogP contribution in [0, 0.1) is 12.8 Å². The van der Waals surface area contributed by atoms with Crippen molar-refractivity contribution in [1.29, 1.82) is 0 Å². The molecule has 2 aliphatic rings. The smallest absolute Gasteiger partial charge is 0.000753 e. The van der Waals surface area contributed by atoms with Crippen molar-refractivity contribution in [2.24, 2.45) is 5.92 Å². The summed E-state index contributed by atoms with van der Waals surface area (Å²) in [6, 6.07) is 42.6. The molecule has 0 bridgehead atoms. The first-order valence-corrected chi connectivity index (χ1v) is 14.4. The molecule has 0 saturated carbocycles. The minimum atomic E-state index is 0.504. The second kappa shape index (κ2) is 8.93. The van der Waals surface area contributed by atoms with Gasteiger partial charge < -0.3 is 0 Å². The number of fused-ring (bicyclic) bond motifs is 4. The third-order valence-corrected chi connectivity index (χ3v) is 8.76. The lowest BCUT2D eigenvalue weighted by Gasteiger charge is -2.21. The van der Waals surface area contributed by atoms with Crippen LogP contribution in [0.1, 0.15) is 18.9 Å². The summed E-state index contributed by atoms with van der Waals surface area (Å²) < 4.78 is 0. The predicted molar refractivity (Wildman–Crippen MR) is 171 cm³/mol. The highest BCUT2D eigenvalue weighted by Gasteiger charge is 2.31. The van der Waals surface area contributed by atoms with Gasteiger partial charge in [0.25, 0.3) is 0 Å². The van der Waals surface area contributed by atoms with Crippen molar-refractivity contribution >= 4 is 22.9 Å². The first-order valence-electron chi connectivity index (χ1n) is 14.4. The van der Waals surface area contributed by atoms with Gasteiger partial charge in [0.15, 0.2) is 0 Å². The van der Waals surface area contributed by atoms with E-state index in [4.69, 9.17) is 0 Å². The maximum absolute atomic E-state index is 2.52. The molecule has 190 valence electrons. The molecule has 0 radical (unpaired) electrons. The van der Waals surface area contributed by atoms with Gasteiger partial charge in [0.2, 0.25) is 0 Å². The summed E-state index contributed by atoms with van der Waals surface area (Å²) in [5.74, 6) is 0.504. The van der Waals surface area contributed by atoms with Crippen LogP contribution < -0.4 is 10.4 Å². The molecule has 0 heterocycles. The molecule has 6 aromatic carbocycles. The van der Waals surface area contributed by atoms with Crippen LogP contribution in [0.15, 0.2) is 115 Å². The van der Waals surface area contributed by atoms with Gasteiger partial charge >= 0.3 is 0 Å². The average Bonchev–Trinajstić information content (AvgIpc) is 3.32. The molecule has 0 amide bonds. The molecule has 1 atom stereocenters. The van der Waals surface area contributed by atoms with Crippen LogP contribution in [0.4, 0.5) is 0 Å². The van der Waals surface area contributed by atoms with Crippen LogP contribution in [0.2, 0.25) is 0 Å². The molecule has 2 aliphatic carbocycles. The third-order valence-electron chi connectivity index (χ3n) is 8.76. The Hall–Kier alpha value is -4.68. The highest BCUT2D eigenvalue weighted by molar-refractivity contribution is 6.23. The molecule has 0 N–H and O–H groups in total. The van der Waals surface area contributed by atoms with Crippen molar-refractivity contribution in [2.45, 2.75) is 20.3 Å². The zero-order chi connectivity index (χ0) is 26.8. The molecule has 0 saturated heterocycles. The van der Waals surface area contributed by atoms with E-state index in [1.54, 1.807) is 0 Å². The Labute approximate surface area is 235 Å². The Balaban J connectivity index is 1.58. The number of aryl methyl sites for hydroxylation is 1. The van der Waals surface area contributed by atoms with E-state index in [1.165, 1.54) is 82.4 Å². The lowest BCUT2D eigenvalue weighted by molar-refractivity contribution is 0.801. The molecule has 8 rings (SSSR count). The van der Waals surface area contributed by atoms with Crippen LogP contribution in [0.25, 0.3) is 78.6 Å². The zero-order valence-electron chi connectivity index (χ0n) is 22.9. The highest BCUT2D eigenvalue weighted by atomic mass is 14.3. The van der Waals surface area contributed by atoms with E-state index in [-0.39, 0.29) is 0 Å². The van der Waals surface area contributed by atoms with E-state index in [1.807, 2.05) is 0 Å². The van der Waals surface area contributed by atoms with Crippen molar-refractivity contribution in [3.63, 3.8) is 0 Å². The van der Waals surface area contributed by atoms with Crippen LogP contribution in [0.3, 0.4) is 0 Å². The lowest BCUT2D eigenvalue weighted by atomic mass is 9.82. The Bertz CT molecular complexity index is 2080. The number of hydrogen-bond donors (Lipinski definition) is 0. The Morgan fingerprint density at radius 3 is 1.82 bits per heavy atom. The standard InChI is InChI=1S/C40H30/c1-25-11-9-16-29(23-25)30-21-22-34-38-31(30)17-10-18-33(38)39-37(28-14-7-4-8-15-28)35-24-26(2)19-20-32(35)36(40(34)39)27-12-5-3-6-13-27/h3-18,20-24,26H,19H2,1-2H3. The molecule has 0 fully saturated rings. The topological polar surface area (TPSA) is 0 Å². The third kappa shape index (κ3) is 3.39. The molecule has 0 aromatic heterocycles. The Morgan fingerprint density at radius 2 is 1.12 bits per heavy atom. The van der Waals surface area contributed by atoms with Gasteiger partial charge in [-0.2, -0.15) is 0 Å². The van der Waals surface area contributed by atoms with Gasteiger partial charge in [-0.25, -0.2) is 0 Å². The molecule has 0 heteroatoms. The van der Waals surface area contributed by atoms with Crippen LogP contribution in [-0.2, 0) is 0 Å². The fourth-order valence-corrected chi connectivity index (χ4v) is 7.07. The van der Waals surface area contributed by atoms with Crippen LogP contribution in [-0.4, -0.2) is 0 Å². The van der Waals surface area contributed by atoms with Gasteiger partial charge in [-0.05, 0) is 96.1 Å². The van der Waals surface area contributed by atoms with Crippen LogP contribution in [0.5, 0.6) is 0 Å². The minimum Gasteiger partial charge on any atom is -0.0754 e. The number of benzene rings is 6. The number of rotatable bonds is 3. The van der Waals surface area contributed by atoms with E-state index in [0.717, 1.165) is 6.42 Å². The fourth-order valence-electron chi connectivity index (χ4n) is 7.07. The van der Waals surface area contributed by atoms with Gasteiger partial charge in [-0.3, -0.25) is 0 Å². The SMILES string of the molecule is Cc1cccc(-c2ccc3c4c(cccc24)-c2c-3c(-c3ccccc3)c3c(c2-c2ccccc2)=CC(C)CC=3)c1. The van der Waals surface area contributed by atoms with Gasteiger partial charge in [-0.1, -0.05) is 140 Å². The number of hydrogen-bond acceptors (Lipinski definition) is 0. The molecule has 1 unspecified atom stereocenters. The van der Waals surface area contributed by atoms with Crippen molar-refractivity contribution in [1.82, 2.24) is 0 Å². The van der Waals surface area contributed by atoms with E-state index in [0.29, 0.717) is 5.92 Å². The van der Waals surface area contributed by atoms with Crippen molar-refractivity contribution < 1.29 is 0 Å². The Morgan fingerprint density at radius 1 is 0.525 bits per heavy atom. The maximum atomic E-state index is 2.52. The summed E-state index contributed by atoms with van der Waals surface area (Å²) in [5.41, 5.74) is 14.6. The predicted octanol–water partition coefficient (Wildman–Crippen LogP) is 9.40. The second-order valence-corrected chi connectivity index (χ2v) is 11.4. The first kappa shape index (κ1) is 23.2. The fraction of sp³-hybridized carbons (Fsp3) is 0.100.